The highest BCUT2D eigenvalue weighted by Gasteiger charge is 2.34. The van der Waals surface area contributed by atoms with E-state index in [1.807, 2.05) is 18.4 Å². The monoisotopic (exact) mass is 355 g/mol. The Morgan fingerprint density at radius 3 is 2.83 bits per heavy atom. The molecule has 2 aromatic heterocycles. The molecule has 1 fully saturated rings. The molecule has 2 aromatic rings. The molecule has 0 unspecified atom stereocenters. The topological polar surface area (TPSA) is 46.1 Å². The molecule has 0 radical (unpaired) electrons. The molecule has 128 valence electrons. The van der Waals surface area contributed by atoms with Crippen LogP contribution >= 0.6 is 11.3 Å². The first-order chi connectivity index (χ1) is 11.4. The van der Waals surface area contributed by atoms with Gasteiger partial charge in [0.25, 0.3) is 0 Å². The Balaban J connectivity index is 1.79. The molecule has 0 N–H and O–H groups in total. The third-order valence-electron chi connectivity index (χ3n) is 4.09. The Morgan fingerprint density at radius 2 is 2.17 bits per heavy atom. The lowest BCUT2D eigenvalue weighted by molar-refractivity contribution is -0.141. The van der Waals surface area contributed by atoms with Crippen LogP contribution in [0.3, 0.4) is 0 Å². The third kappa shape index (κ3) is 3.43. The maximum atomic E-state index is 12.8. The minimum atomic E-state index is -4.50. The summed E-state index contributed by atoms with van der Waals surface area (Å²) in [7, 11) is 0. The van der Waals surface area contributed by atoms with E-state index < -0.39 is 11.9 Å². The number of rotatable bonds is 3. The van der Waals surface area contributed by atoms with E-state index in [-0.39, 0.29) is 17.6 Å². The fraction of sp³-hybridized carbons (Fsp3) is 0.438. The number of anilines is 1. The summed E-state index contributed by atoms with van der Waals surface area (Å²) < 4.78 is 38.4. The van der Waals surface area contributed by atoms with Gasteiger partial charge in [0, 0.05) is 25.2 Å². The molecule has 0 spiro atoms. The van der Waals surface area contributed by atoms with Crippen molar-refractivity contribution in [2.75, 3.05) is 18.0 Å². The van der Waals surface area contributed by atoms with Crippen LogP contribution in [0, 0.1) is 12.8 Å². The van der Waals surface area contributed by atoms with E-state index in [0.717, 1.165) is 35.5 Å². The van der Waals surface area contributed by atoms with E-state index >= 15 is 0 Å². The van der Waals surface area contributed by atoms with Crippen LogP contribution in [0.1, 0.15) is 33.8 Å². The molecular weight excluding hydrogens is 339 g/mol. The highest BCUT2D eigenvalue weighted by atomic mass is 32.1. The Bertz CT molecular complexity index is 744. The number of hydrogen-bond donors (Lipinski definition) is 0. The third-order valence-corrected chi connectivity index (χ3v) is 5.13. The van der Waals surface area contributed by atoms with Crippen LogP contribution in [-0.4, -0.2) is 28.8 Å². The smallest absolute Gasteiger partial charge is 0.340 e. The van der Waals surface area contributed by atoms with Crippen LogP contribution in [-0.2, 0) is 6.18 Å². The molecule has 1 aliphatic rings. The molecule has 3 heterocycles. The molecule has 4 nitrogen and oxygen atoms in total. The standard InChI is InChI=1S/C16H16F3N3OS/c1-10-5-8-24-14(10)13(23)11-3-2-7-22(9-11)15-20-6-4-12(21-15)16(17,18)19/h4-6,8,11H,2-3,7,9H2,1H3/t11-/m1/s1. The average molecular weight is 355 g/mol. The normalized spacial score (nSPS) is 18.7. The van der Waals surface area contributed by atoms with Crippen LogP contribution in [0.2, 0.25) is 0 Å². The van der Waals surface area contributed by atoms with Crippen molar-refractivity contribution < 1.29 is 18.0 Å². The molecule has 0 amide bonds. The lowest BCUT2D eigenvalue weighted by Gasteiger charge is -2.32. The number of halogens is 3. The van der Waals surface area contributed by atoms with Crippen LogP contribution in [0.15, 0.2) is 23.7 Å². The molecular formula is C16H16F3N3OS. The van der Waals surface area contributed by atoms with Crippen molar-refractivity contribution in [3.05, 3.63) is 39.8 Å². The highest BCUT2D eigenvalue weighted by molar-refractivity contribution is 7.12. The van der Waals surface area contributed by atoms with Gasteiger partial charge in [-0.25, -0.2) is 9.97 Å². The van der Waals surface area contributed by atoms with E-state index in [0.29, 0.717) is 13.1 Å². The van der Waals surface area contributed by atoms with Gasteiger partial charge in [-0.15, -0.1) is 11.3 Å². The second-order valence-corrected chi connectivity index (χ2v) is 6.74. The van der Waals surface area contributed by atoms with Gasteiger partial charge >= 0.3 is 6.18 Å². The first-order valence-electron chi connectivity index (χ1n) is 7.60. The van der Waals surface area contributed by atoms with Gasteiger partial charge in [-0.1, -0.05) is 0 Å². The summed E-state index contributed by atoms with van der Waals surface area (Å²) in [5.41, 5.74) is -0.0208. The van der Waals surface area contributed by atoms with Crippen molar-refractivity contribution >= 4 is 23.1 Å². The Labute approximate surface area is 141 Å². The predicted molar refractivity (Wildman–Crippen MR) is 85.4 cm³/mol. The van der Waals surface area contributed by atoms with Crippen LogP contribution in [0.25, 0.3) is 0 Å². The number of piperidine rings is 1. The first kappa shape index (κ1) is 16.9. The SMILES string of the molecule is Cc1ccsc1C(=O)[C@@H]1CCCN(c2nccc(C(F)(F)F)n2)C1. The summed E-state index contributed by atoms with van der Waals surface area (Å²) in [4.78, 5) is 22.6. The minimum absolute atomic E-state index is 0.0326. The van der Waals surface area contributed by atoms with Gasteiger partial charge in [0.05, 0.1) is 4.88 Å². The van der Waals surface area contributed by atoms with Crippen molar-refractivity contribution in [2.45, 2.75) is 25.9 Å². The molecule has 1 atom stereocenters. The Hall–Kier alpha value is -1.96. The van der Waals surface area contributed by atoms with Crippen molar-refractivity contribution in [3.63, 3.8) is 0 Å². The van der Waals surface area contributed by atoms with E-state index in [4.69, 9.17) is 0 Å². The molecule has 0 saturated carbocycles. The number of aromatic nitrogens is 2. The maximum absolute atomic E-state index is 12.8. The quantitative estimate of drug-likeness (QED) is 0.782. The van der Waals surface area contributed by atoms with E-state index in [9.17, 15) is 18.0 Å². The van der Waals surface area contributed by atoms with Crippen LogP contribution in [0.5, 0.6) is 0 Å². The summed E-state index contributed by atoms with van der Waals surface area (Å²) in [6.45, 7) is 2.78. The second kappa shape index (κ2) is 6.51. The van der Waals surface area contributed by atoms with Gasteiger partial charge in [-0.3, -0.25) is 4.79 Å². The molecule has 0 aliphatic carbocycles. The Morgan fingerprint density at radius 1 is 1.38 bits per heavy atom. The van der Waals surface area contributed by atoms with Gasteiger partial charge in [-0.05, 0) is 42.8 Å². The molecule has 1 aliphatic heterocycles. The van der Waals surface area contributed by atoms with Gasteiger partial charge in [0.2, 0.25) is 5.95 Å². The van der Waals surface area contributed by atoms with Crippen LogP contribution < -0.4 is 4.90 Å². The number of ketones is 1. The zero-order valence-electron chi connectivity index (χ0n) is 13.0. The number of aryl methyl sites for hydroxylation is 1. The highest BCUT2D eigenvalue weighted by Crippen LogP contribution is 2.30. The van der Waals surface area contributed by atoms with Crippen molar-refractivity contribution in [3.8, 4) is 0 Å². The molecule has 0 aromatic carbocycles. The molecule has 8 heteroatoms. The summed E-state index contributed by atoms with van der Waals surface area (Å²) in [5, 5.41) is 1.87. The van der Waals surface area contributed by atoms with Crippen molar-refractivity contribution in [1.29, 1.82) is 0 Å². The Kier molecular flexibility index (Phi) is 4.58. The summed E-state index contributed by atoms with van der Waals surface area (Å²) in [5.74, 6) is -0.154. The van der Waals surface area contributed by atoms with Gasteiger partial charge in [-0.2, -0.15) is 13.2 Å². The zero-order valence-corrected chi connectivity index (χ0v) is 13.8. The summed E-state index contributed by atoms with van der Waals surface area (Å²) >= 11 is 1.41. The fourth-order valence-electron chi connectivity index (χ4n) is 2.84. The molecule has 3 rings (SSSR count). The van der Waals surface area contributed by atoms with Gasteiger partial charge in [0.1, 0.15) is 5.69 Å². The first-order valence-corrected chi connectivity index (χ1v) is 8.47. The lowest BCUT2D eigenvalue weighted by atomic mass is 9.92. The molecule has 24 heavy (non-hydrogen) atoms. The van der Waals surface area contributed by atoms with Crippen LogP contribution in [0.4, 0.5) is 19.1 Å². The number of hydrogen-bond acceptors (Lipinski definition) is 5. The molecule has 0 bridgehead atoms. The number of carbonyl (C=O) groups is 1. The molecule has 1 saturated heterocycles. The lowest BCUT2D eigenvalue weighted by Crippen LogP contribution is -2.39. The average Bonchev–Trinajstić information content (AvgIpc) is 3.00. The summed E-state index contributed by atoms with van der Waals surface area (Å²) in [6, 6.07) is 2.75. The van der Waals surface area contributed by atoms with Crippen molar-refractivity contribution in [2.24, 2.45) is 5.92 Å². The van der Waals surface area contributed by atoms with E-state index in [1.165, 1.54) is 11.3 Å². The zero-order chi connectivity index (χ0) is 17.3. The number of nitrogens with zero attached hydrogens (tertiary/aromatic N) is 3. The second-order valence-electron chi connectivity index (χ2n) is 5.82. The summed E-state index contributed by atoms with van der Waals surface area (Å²) in [6.07, 6.45) is -1.94. The predicted octanol–water partition coefficient (Wildman–Crippen LogP) is 3.96. The number of thiophene rings is 1. The van der Waals surface area contributed by atoms with Crippen molar-refractivity contribution in [1.82, 2.24) is 9.97 Å². The minimum Gasteiger partial charge on any atom is -0.340 e. The van der Waals surface area contributed by atoms with Gasteiger partial charge in [0.15, 0.2) is 5.78 Å². The van der Waals surface area contributed by atoms with E-state index in [1.54, 1.807) is 4.90 Å². The van der Waals surface area contributed by atoms with Gasteiger partial charge < -0.3 is 4.90 Å². The number of carbonyl (C=O) groups excluding carboxylic acids is 1. The largest absolute Gasteiger partial charge is 0.433 e. The fourth-order valence-corrected chi connectivity index (χ4v) is 3.79. The number of Topliss-reactive ketones (excluding diaryl/α,β-unsaturated/α-hetero) is 1. The van der Waals surface area contributed by atoms with E-state index in [2.05, 4.69) is 9.97 Å². The maximum Gasteiger partial charge on any atom is 0.433 e. The number of alkyl halides is 3.